The summed E-state index contributed by atoms with van der Waals surface area (Å²) in [6, 6.07) is 15.7. The molecule has 0 saturated heterocycles. The summed E-state index contributed by atoms with van der Waals surface area (Å²) in [5, 5.41) is 14.8. The molecule has 15 heavy (non-hydrogen) atoms. The quantitative estimate of drug-likeness (QED) is 0.308. The molecule has 3 aromatic rings. The van der Waals surface area contributed by atoms with Crippen molar-refractivity contribution in [3.05, 3.63) is 59.9 Å². The normalized spacial score (nSPS) is 10.9. The first-order chi connectivity index (χ1) is 7.36. The third-order valence-electron chi connectivity index (χ3n) is 2.67. The molecule has 0 unspecified atom stereocenters. The van der Waals surface area contributed by atoms with Crippen molar-refractivity contribution in [1.82, 2.24) is 0 Å². The van der Waals surface area contributed by atoms with E-state index in [1.807, 2.05) is 36.4 Å². The Morgan fingerprint density at radius 1 is 0.800 bits per heavy atom. The maximum Gasteiger partial charge on any atom is 0.224 e. The number of benzene rings is 2. The second-order valence-electron chi connectivity index (χ2n) is 3.55. The minimum Gasteiger partial charge on any atom is -0.618 e. The smallest absolute Gasteiger partial charge is 0.224 e. The molecule has 0 spiro atoms. The molecule has 2 nitrogen and oxygen atoms in total. The number of fused-ring (bicyclic) bond motifs is 3. The van der Waals surface area contributed by atoms with Gasteiger partial charge in [0, 0.05) is 12.1 Å². The van der Waals surface area contributed by atoms with E-state index in [1.54, 1.807) is 6.07 Å². The highest BCUT2D eigenvalue weighted by Crippen LogP contribution is 2.22. The molecule has 3 rings (SSSR count). The Balaban J connectivity index is 2.60. The van der Waals surface area contributed by atoms with Gasteiger partial charge in [-0.1, -0.05) is 24.3 Å². The average molecular weight is 195 g/mol. The van der Waals surface area contributed by atoms with Gasteiger partial charge >= 0.3 is 0 Å². The maximum atomic E-state index is 11.5. The number of pyridine rings is 1. The summed E-state index contributed by atoms with van der Waals surface area (Å²) in [4.78, 5) is 0. The molecular weight excluding hydrogens is 186 g/mol. The molecule has 0 atom stereocenters. The molecule has 0 fully saturated rings. The molecule has 1 heterocycles. The standard InChI is InChI=1S/C13H9NO/c15-14-9-3-6-12-11-5-2-1-4-10(11)7-8-13(12)14/h1-9H. The van der Waals surface area contributed by atoms with E-state index in [0.29, 0.717) is 0 Å². The van der Waals surface area contributed by atoms with Crippen LogP contribution in [0.4, 0.5) is 0 Å². The van der Waals surface area contributed by atoms with Crippen molar-refractivity contribution < 1.29 is 4.73 Å². The van der Waals surface area contributed by atoms with E-state index in [2.05, 4.69) is 6.07 Å². The predicted molar refractivity (Wildman–Crippen MR) is 60.4 cm³/mol. The molecule has 0 saturated carbocycles. The van der Waals surface area contributed by atoms with Crippen molar-refractivity contribution in [2.24, 2.45) is 0 Å². The summed E-state index contributed by atoms with van der Waals surface area (Å²) in [7, 11) is 0. The minimum absolute atomic E-state index is 0.719. The van der Waals surface area contributed by atoms with Crippen LogP contribution < -0.4 is 4.73 Å². The number of hydrogen-bond acceptors (Lipinski definition) is 1. The van der Waals surface area contributed by atoms with Crippen LogP contribution in [0.25, 0.3) is 21.7 Å². The zero-order valence-corrected chi connectivity index (χ0v) is 8.05. The molecule has 0 amide bonds. The van der Waals surface area contributed by atoms with Crippen molar-refractivity contribution in [3.63, 3.8) is 0 Å². The lowest BCUT2D eigenvalue weighted by atomic mass is 10.1. The molecular formula is C13H9NO. The topological polar surface area (TPSA) is 26.9 Å². The molecule has 0 bridgehead atoms. The highest BCUT2D eigenvalue weighted by molar-refractivity contribution is 6.04. The second kappa shape index (κ2) is 2.95. The molecule has 2 aromatic carbocycles. The van der Waals surface area contributed by atoms with Crippen molar-refractivity contribution >= 4 is 21.7 Å². The molecule has 0 aliphatic heterocycles. The second-order valence-corrected chi connectivity index (χ2v) is 3.55. The Morgan fingerprint density at radius 3 is 2.53 bits per heavy atom. The van der Waals surface area contributed by atoms with Crippen LogP contribution >= 0.6 is 0 Å². The lowest BCUT2D eigenvalue weighted by Gasteiger charge is -2.03. The van der Waals surface area contributed by atoms with E-state index >= 15 is 0 Å². The van der Waals surface area contributed by atoms with E-state index in [-0.39, 0.29) is 0 Å². The van der Waals surface area contributed by atoms with Gasteiger partial charge in [0.25, 0.3) is 0 Å². The average Bonchev–Trinajstić information content (AvgIpc) is 2.29. The summed E-state index contributed by atoms with van der Waals surface area (Å²) >= 11 is 0. The lowest BCUT2D eigenvalue weighted by Crippen LogP contribution is -2.25. The molecule has 0 radical (unpaired) electrons. The molecule has 0 N–H and O–H groups in total. The molecule has 72 valence electrons. The van der Waals surface area contributed by atoms with Gasteiger partial charge in [-0.25, -0.2) is 0 Å². The SMILES string of the molecule is [O-][n+]1cccc2c3ccccc3ccc21. The Hall–Kier alpha value is -2.09. The highest BCUT2D eigenvalue weighted by Gasteiger charge is 2.05. The van der Waals surface area contributed by atoms with Gasteiger partial charge < -0.3 is 5.21 Å². The number of nitrogens with zero attached hydrogens (tertiary/aromatic N) is 1. The van der Waals surface area contributed by atoms with Crippen LogP contribution in [0.2, 0.25) is 0 Å². The largest absolute Gasteiger partial charge is 0.618 e. The first-order valence-electron chi connectivity index (χ1n) is 4.86. The van der Waals surface area contributed by atoms with Crippen LogP contribution in [-0.2, 0) is 0 Å². The van der Waals surface area contributed by atoms with E-state index in [9.17, 15) is 5.21 Å². The Bertz CT molecular complexity index is 646. The van der Waals surface area contributed by atoms with Crippen LogP contribution in [0.1, 0.15) is 0 Å². The van der Waals surface area contributed by atoms with Crippen molar-refractivity contribution in [2.45, 2.75) is 0 Å². The third-order valence-corrected chi connectivity index (χ3v) is 2.67. The van der Waals surface area contributed by atoms with Gasteiger partial charge in [-0.05, 0) is 22.9 Å². The van der Waals surface area contributed by atoms with Gasteiger partial charge in [0.05, 0.1) is 5.39 Å². The van der Waals surface area contributed by atoms with E-state index in [1.165, 1.54) is 6.20 Å². The zero-order valence-electron chi connectivity index (χ0n) is 8.05. The highest BCUT2D eigenvalue weighted by atomic mass is 16.5. The first kappa shape index (κ1) is 8.24. The third kappa shape index (κ3) is 1.15. The van der Waals surface area contributed by atoms with Gasteiger partial charge in [-0.15, -0.1) is 0 Å². The summed E-state index contributed by atoms with van der Waals surface area (Å²) < 4.78 is 0.905. The van der Waals surface area contributed by atoms with E-state index in [0.717, 1.165) is 26.4 Å². The van der Waals surface area contributed by atoms with Gasteiger partial charge in [0.15, 0.2) is 6.20 Å². The number of hydrogen-bond donors (Lipinski definition) is 0. The van der Waals surface area contributed by atoms with Gasteiger partial charge in [-0.3, -0.25) is 0 Å². The predicted octanol–water partition coefficient (Wildman–Crippen LogP) is 2.63. The van der Waals surface area contributed by atoms with Gasteiger partial charge in [0.2, 0.25) is 5.52 Å². The number of aromatic nitrogens is 1. The minimum atomic E-state index is 0.719. The fraction of sp³-hybridized carbons (Fsp3) is 0. The van der Waals surface area contributed by atoms with Crippen molar-refractivity contribution in [1.29, 1.82) is 0 Å². The van der Waals surface area contributed by atoms with Crippen molar-refractivity contribution in [2.75, 3.05) is 0 Å². The number of rotatable bonds is 0. The first-order valence-corrected chi connectivity index (χ1v) is 4.86. The molecule has 0 aliphatic rings. The Labute approximate surface area is 87.0 Å². The van der Waals surface area contributed by atoms with Crippen molar-refractivity contribution in [3.8, 4) is 0 Å². The van der Waals surface area contributed by atoms with Crippen LogP contribution in [0.5, 0.6) is 0 Å². The van der Waals surface area contributed by atoms with E-state index in [4.69, 9.17) is 0 Å². The van der Waals surface area contributed by atoms with Gasteiger partial charge in [0.1, 0.15) is 0 Å². The lowest BCUT2D eigenvalue weighted by molar-refractivity contribution is -0.576. The summed E-state index contributed by atoms with van der Waals surface area (Å²) in [6.07, 6.45) is 1.52. The summed E-state index contributed by atoms with van der Waals surface area (Å²) in [5.41, 5.74) is 0.719. The van der Waals surface area contributed by atoms with E-state index < -0.39 is 0 Å². The van der Waals surface area contributed by atoms with Crippen LogP contribution in [0.3, 0.4) is 0 Å². The Kier molecular flexibility index (Phi) is 1.62. The van der Waals surface area contributed by atoms with Gasteiger partial charge in [-0.2, -0.15) is 4.73 Å². The summed E-state index contributed by atoms with van der Waals surface area (Å²) in [6.45, 7) is 0. The molecule has 0 aliphatic carbocycles. The van der Waals surface area contributed by atoms with Crippen LogP contribution in [-0.4, -0.2) is 0 Å². The fourth-order valence-corrected chi connectivity index (χ4v) is 1.95. The maximum absolute atomic E-state index is 11.5. The van der Waals surface area contributed by atoms with Crippen LogP contribution in [0, 0.1) is 5.21 Å². The zero-order chi connectivity index (χ0) is 10.3. The Morgan fingerprint density at radius 2 is 1.60 bits per heavy atom. The molecule has 1 aromatic heterocycles. The fourth-order valence-electron chi connectivity index (χ4n) is 1.95. The molecule has 2 heteroatoms. The summed E-state index contributed by atoms with van der Waals surface area (Å²) in [5.74, 6) is 0. The van der Waals surface area contributed by atoms with Crippen LogP contribution in [0.15, 0.2) is 54.7 Å². The monoisotopic (exact) mass is 195 g/mol.